The number of carbonyl (C=O) groups excluding carboxylic acids is 3. The third kappa shape index (κ3) is 3.85. The van der Waals surface area contributed by atoms with E-state index in [1.54, 1.807) is 48.0 Å². The number of barbiturate groups is 1. The van der Waals surface area contributed by atoms with Gasteiger partial charge in [-0.15, -0.1) is 0 Å². The average molecular weight is 463 g/mol. The molecule has 1 fully saturated rings. The highest BCUT2D eigenvalue weighted by atomic mass is 16.5. The third-order valence-electron chi connectivity index (χ3n) is 5.56. The highest BCUT2D eigenvalue weighted by Crippen LogP contribution is 2.34. The molecule has 4 amide bonds. The summed E-state index contributed by atoms with van der Waals surface area (Å²) in [6, 6.07) is 9.76. The van der Waals surface area contributed by atoms with E-state index in [0.717, 1.165) is 10.3 Å². The molecule has 0 radical (unpaired) electrons. The number of ether oxygens (including phenoxy) is 2. The lowest BCUT2D eigenvalue weighted by Gasteiger charge is -2.27. The van der Waals surface area contributed by atoms with E-state index in [9.17, 15) is 24.3 Å². The molecule has 1 atom stereocenters. The molecule has 34 heavy (non-hydrogen) atoms. The molecule has 2 N–H and O–H groups in total. The summed E-state index contributed by atoms with van der Waals surface area (Å²) in [5.41, 5.74) is 1.13. The van der Waals surface area contributed by atoms with Crippen LogP contribution in [0, 0.1) is 0 Å². The Labute approximate surface area is 194 Å². The van der Waals surface area contributed by atoms with Crippen molar-refractivity contribution in [3.05, 3.63) is 59.8 Å². The first kappa shape index (κ1) is 22.6. The predicted octanol–water partition coefficient (Wildman–Crippen LogP) is 2.97. The van der Waals surface area contributed by atoms with Crippen LogP contribution in [-0.4, -0.2) is 47.7 Å². The van der Waals surface area contributed by atoms with Gasteiger partial charge in [-0.1, -0.05) is 6.07 Å². The van der Waals surface area contributed by atoms with Crippen LogP contribution in [-0.2, 0) is 14.4 Å². The largest absolute Gasteiger partial charge is 0.497 e. The number of hydrogen-bond acceptors (Lipinski definition) is 6. The standard InChI is InChI=1S/C24H21N3O7/c1-13(23(30)31)26-9-8-15-10-14(4-6-18(15)26)11-17-21(28)25-24(32)27(22(17)29)19-7-5-16(33-2)12-20(19)34-3/h4-13H,1-3H3,(H,30,31)(H,25,28,32)/b17-11+/t13-/m0/s1. The molecule has 2 heterocycles. The number of nitrogens with one attached hydrogen (secondary N) is 1. The van der Waals surface area contributed by atoms with Gasteiger partial charge in [-0.05, 0) is 48.9 Å². The normalized spacial score (nSPS) is 16.0. The lowest BCUT2D eigenvalue weighted by molar-refractivity contribution is -0.140. The Morgan fingerprint density at radius 3 is 2.50 bits per heavy atom. The van der Waals surface area contributed by atoms with Gasteiger partial charge in [0.05, 0.1) is 19.9 Å². The zero-order chi connectivity index (χ0) is 24.6. The molecular weight excluding hydrogens is 442 g/mol. The molecular formula is C24H21N3O7. The molecule has 3 aromatic rings. The van der Waals surface area contributed by atoms with E-state index in [1.807, 2.05) is 0 Å². The van der Waals surface area contributed by atoms with Gasteiger partial charge in [0, 0.05) is 23.2 Å². The molecule has 0 aliphatic carbocycles. The van der Waals surface area contributed by atoms with Crippen LogP contribution in [0.25, 0.3) is 17.0 Å². The van der Waals surface area contributed by atoms with Gasteiger partial charge in [0.15, 0.2) is 0 Å². The van der Waals surface area contributed by atoms with Crippen molar-refractivity contribution < 1.29 is 33.8 Å². The van der Waals surface area contributed by atoms with Gasteiger partial charge < -0.3 is 19.1 Å². The molecule has 1 aliphatic heterocycles. The Hall–Kier alpha value is -4.60. The molecule has 0 spiro atoms. The van der Waals surface area contributed by atoms with Crippen LogP contribution in [0.5, 0.6) is 11.5 Å². The summed E-state index contributed by atoms with van der Waals surface area (Å²) < 4.78 is 12.1. The molecule has 10 heteroatoms. The maximum Gasteiger partial charge on any atom is 0.336 e. The van der Waals surface area contributed by atoms with E-state index >= 15 is 0 Å². The maximum atomic E-state index is 13.2. The molecule has 0 saturated carbocycles. The van der Waals surface area contributed by atoms with Gasteiger partial charge in [0.1, 0.15) is 23.1 Å². The Kier molecular flexibility index (Phi) is 5.80. The first-order valence-corrected chi connectivity index (χ1v) is 10.2. The molecule has 1 saturated heterocycles. The first-order valence-electron chi connectivity index (χ1n) is 10.2. The quantitative estimate of drug-likeness (QED) is 0.425. The topological polar surface area (TPSA) is 127 Å². The van der Waals surface area contributed by atoms with E-state index in [4.69, 9.17) is 9.47 Å². The summed E-state index contributed by atoms with van der Waals surface area (Å²) in [5.74, 6) is -1.92. The molecule has 2 aromatic carbocycles. The van der Waals surface area contributed by atoms with E-state index in [0.29, 0.717) is 16.8 Å². The fourth-order valence-corrected chi connectivity index (χ4v) is 3.74. The van der Waals surface area contributed by atoms with Crippen molar-refractivity contribution in [3.63, 3.8) is 0 Å². The van der Waals surface area contributed by atoms with Gasteiger partial charge in [-0.25, -0.2) is 14.5 Å². The summed E-state index contributed by atoms with van der Waals surface area (Å²) in [6.45, 7) is 1.57. The van der Waals surface area contributed by atoms with Crippen molar-refractivity contribution in [1.29, 1.82) is 0 Å². The zero-order valence-electron chi connectivity index (χ0n) is 18.6. The summed E-state index contributed by atoms with van der Waals surface area (Å²) >= 11 is 0. The number of rotatable bonds is 6. The molecule has 0 unspecified atom stereocenters. The minimum atomic E-state index is -0.966. The van der Waals surface area contributed by atoms with Gasteiger partial charge >= 0.3 is 12.0 Å². The minimum absolute atomic E-state index is 0.152. The Bertz CT molecular complexity index is 1370. The number of imide groups is 2. The summed E-state index contributed by atoms with van der Waals surface area (Å²) in [6.07, 6.45) is 3.04. The Morgan fingerprint density at radius 1 is 1.06 bits per heavy atom. The van der Waals surface area contributed by atoms with Crippen LogP contribution < -0.4 is 19.7 Å². The number of methoxy groups -OCH3 is 2. The number of hydrogen-bond donors (Lipinski definition) is 2. The number of aromatic nitrogens is 1. The number of urea groups is 1. The van der Waals surface area contributed by atoms with Crippen LogP contribution in [0.4, 0.5) is 10.5 Å². The Morgan fingerprint density at radius 2 is 1.82 bits per heavy atom. The van der Waals surface area contributed by atoms with Gasteiger partial charge in [-0.3, -0.25) is 14.9 Å². The second kappa shape index (κ2) is 8.74. The van der Waals surface area contributed by atoms with E-state index < -0.39 is 29.9 Å². The fraction of sp³-hybridized carbons (Fsp3) is 0.167. The Balaban J connectivity index is 1.73. The average Bonchev–Trinajstić information content (AvgIpc) is 3.24. The number of amides is 4. The molecule has 1 aliphatic rings. The van der Waals surface area contributed by atoms with Crippen LogP contribution in [0.3, 0.4) is 0 Å². The van der Waals surface area contributed by atoms with E-state index in [2.05, 4.69) is 5.32 Å². The molecule has 174 valence electrons. The van der Waals surface area contributed by atoms with Crippen LogP contribution in [0.15, 0.2) is 54.2 Å². The number of carboxylic acids is 1. The number of benzene rings is 2. The zero-order valence-corrected chi connectivity index (χ0v) is 18.6. The van der Waals surface area contributed by atoms with Crippen molar-refractivity contribution >= 4 is 46.5 Å². The second-order valence-electron chi connectivity index (χ2n) is 7.55. The highest BCUT2D eigenvalue weighted by molar-refractivity contribution is 6.39. The minimum Gasteiger partial charge on any atom is -0.497 e. The molecule has 1 aromatic heterocycles. The molecule has 4 rings (SSSR count). The maximum absolute atomic E-state index is 13.2. The van der Waals surface area contributed by atoms with Crippen LogP contribution in [0.2, 0.25) is 0 Å². The smallest absolute Gasteiger partial charge is 0.336 e. The van der Waals surface area contributed by atoms with E-state index in [-0.39, 0.29) is 17.0 Å². The van der Waals surface area contributed by atoms with Crippen molar-refractivity contribution in [2.75, 3.05) is 19.1 Å². The lowest BCUT2D eigenvalue weighted by Crippen LogP contribution is -2.54. The van der Waals surface area contributed by atoms with Gasteiger partial charge in [0.25, 0.3) is 11.8 Å². The fourth-order valence-electron chi connectivity index (χ4n) is 3.74. The van der Waals surface area contributed by atoms with Crippen LogP contribution >= 0.6 is 0 Å². The van der Waals surface area contributed by atoms with E-state index in [1.165, 1.54) is 32.4 Å². The van der Waals surface area contributed by atoms with Gasteiger partial charge in [-0.2, -0.15) is 0 Å². The number of carbonyl (C=O) groups is 4. The number of carboxylic acid groups (broad SMARTS) is 1. The summed E-state index contributed by atoms with van der Waals surface area (Å²) in [5, 5.41) is 12.2. The predicted molar refractivity (Wildman–Crippen MR) is 123 cm³/mol. The highest BCUT2D eigenvalue weighted by Gasteiger charge is 2.38. The van der Waals surface area contributed by atoms with Crippen molar-refractivity contribution in [2.45, 2.75) is 13.0 Å². The van der Waals surface area contributed by atoms with Crippen LogP contribution in [0.1, 0.15) is 18.5 Å². The van der Waals surface area contributed by atoms with Gasteiger partial charge in [0.2, 0.25) is 0 Å². The monoisotopic (exact) mass is 463 g/mol. The number of fused-ring (bicyclic) bond motifs is 1. The number of aliphatic carboxylic acids is 1. The van der Waals surface area contributed by atoms with Crippen molar-refractivity contribution in [1.82, 2.24) is 9.88 Å². The summed E-state index contributed by atoms with van der Waals surface area (Å²) in [7, 11) is 2.86. The molecule has 0 bridgehead atoms. The molecule has 10 nitrogen and oxygen atoms in total. The summed E-state index contributed by atoms with van der Waals surface area (Å²) in [4.78, 5) is 50.4. The lowest BCUT2D eigenvalue weighted by atomic mass is 10.1. The van der Waals surface area contributed by atoms with Crippen molar-refractivity contribution in [3.8, 4) is 11.5 Å². The third-order valence-corrected chi connectivity index (χ3v) is 5.56. The number of nitrogens with zero attached hydrogens (tertiary/aromatic N) is 2. The SMILES string of the molecule is COc1ccc(N2C(=O)NC(=O)/C(=C\c3ccc4c(ccn4[C@@H](C)C(=O)O)c3)C2=O)c(OC)c1. The first-order chi connectivity index (χ1) is 16.2. The van der Waals surface area contributed by atoms with Crippen molar-refractivity contribution in [2.24, 2.45) is 0 Å². The second-order valence-corrected chi connectivity index (χ2v) is 7.55. The number of anilines is 1.